The standard InChI is InChI=1S/C21H28N2O2/c1-4-25-14-8-13-22-20(18-9-6-5-7-10-18)21(24)23-19-15-16(2)11-12-17(19)3/h5-7,9-12,15,20,22H,4,8,13-14H2,1-3H3,(H,23,24)/t20-/m1/s1. The highest BCUT2D eigenvalue weighted by Crippen LogP contribution is 2.20. The van der Waals surface area contributed by atoms with Gasteiger partial charge in [0, 0.05) is 18.9 Å². The molecular weight excluding hydrogens is 312 g/mol. The summed E-state index contributed by atoms with van der Waals surface area (Å²) in [6.45, 7) is 8.15. The maximum Gasteiger partial charge on any atom is 0.246 e. The highest BCUT2D eigenvalue weighted by Gasteiger charge is 2.20. The van der Waals surface area contributed by atoms with Crippen molar-refractivity contribution in [2.45, 2.75) is 33.2 Å². The molecule has 0 bridgehead atoms. The summed E-state index contributed by atoms with van der Waals surface area (Å²) in [5.74, 6) is -0.0451. The Kier molecular flexibility index (Phi) is 7.64. The van der Waals surface area contributed by atoms with E-state index in [1.54, 1.807) is 0 Å². The number of hydrogen-bond acceptors (Lipinski definition) is 3. The summed E-state index contributed by atoms with van der Waals surface area (Å²) in [5.41, 5.74) is 4.01. The van der Waals surface area contributed by atoms with Crippen molar-refractivity contribution in [1.82, 2.24) is 5.32 Å². The number of aryl methyl sites for hydroxylation is 2. The number of ether oxygens (including phenoxy) is 1. The summed E-state index contributed by atoms with van der Waals surface area (Å²) in [7, 11) is 0. The summed E-state index contributed by atoms with van der Waals surface area (Å²) in [5, 5.41) is 6.43. The van der Waals surface area contributed by atoms with Crippen LogP contribution in [0.5, 0.6) is 0 Å². The second-order valence-electron chi connectivity index (χ2n) is 6.16. The van der Waals surface area contributed by atoms with Gasteiger partial charge in [-0.1, -0.05) is 42.5 Å². The number of anilines is 1. The smallest absolute Gasteiger partial charge is 0.246 e. The molecule has 4 nitrogen and oxygen atoms in total. The lowest BCUT2D eigenvalue weighted by Gasteiger charge is -2.20. The van der Waals surface area contributed by atoms with Crippen molar-refractivity contribution in [2.75, 3.05) is 25.1 Å². The van der Waals surface area contributed by atoms with Crippen LogP contribution in [-0.2, 0) is 9.53 Å². The van der Waals surface area contributed by atoms with Gasteiger partial charge in [0.25, 0.3) is 0 Å². The van der Waals surface area contributed by atoms with Crippen molar-refractivity contribution >= 4 is 11.6 Å². The predicted molar refractivity (Wildman–Crippen MR) is 103 cm³/mol. The van der Waals surface area contributed by atoms with E-state index >= 15 is 0 Å². The molecule has 0 spiro atoms. The van der Waals surface area contributed by atoms with Crippen molar-refractivity contribution in [3.05, 3.63) is 65.2 Å². The van der Waals surface area contributed by atoms with Crippen molar-refractivity contribution in [2.24, 2.45) is 0 Å². The molecule has 2 aromatic rings. The van der Waals surface area contributed by atoms with Crippen LogP contribution >= 0.6 is 0 Å². The molecule has 25 heavy (non-hydrogen) atoms. The quantitative estimate of drug-likeness (QED) is 0.678. The van der Waals surface area contributed by atoms with E-state index in [2.05, 4.69) is 10.6 Å². The van der Waals surface area contributed by atoms with Gasteiger partial charge in [0.2, 0.25) is 5.91 Å². The lowest BCUT2D eigenvalue weighted by Crippen LogP contribution is -2.34. The molecule has 0 aliphatic rings. The minimum Gasteiger partial charge on any atom is -0.382 e. The number of carbonyl (C=O) groups is 1. The second kappa shape index (κ2) is 9.97. The zero-order valence-electron chi connectivity index (χ0n) is 15.3. The Balaban J connectivity index is 2.08. The van der Waals surface area contributed by atoms with Crippen molar-refractivity contribution < 1.29 is 9.53 Å². The van der Waals surface area contributed by atoms with Crippen LogP contribution in [0.15, 0.2) is 48.5 Å². The van der Waals surface area contributed by atoms with Crippen LogP contribution in [0.2, 0.25) is 0 Å². The van der Waals surface area contributed by atoms with Gasteiger partial charge in [-0.2, -0.15) is 0 Å². The van der Waals surface area contributed by atoms with E-state index in [1.165, 1.54) is 0 Å². The van der Waals surface area contributed by atoms with Gasteiger partial charge in [0.05, 0.1) is 0 Å². The van der Waals surface area contributed by atoms with Crippen molar-refractivity contribution in [3.8, 4) is 0 Å². The van der Waals surface area contributed by atoms with E-state index in [-0.39, 0.29) is 11.9 Å². The van der Waals surface area contributed by atoms with E-state index in [0.29, 0.717) is 6.61 Å². The first-order valence-corrected chi connectivity index (χ1v) is 8.86. The maximum absolute atomic E-state index is 12.9. The average Bonchev–Trinajstić information content (AvgIpc) is 2.62. The fourth-order valence-corrected chi connectivity index (χ4v) is 2.65. The predicted octanol–water partition coefficient (Wildman–Crippen LogP) is 4.00. The first-order valence-electron chi connectivity index (χ1n) is 8.86. The number of rotatable bonds is 9. The summed E-state index contributed by atoms with van der Waals surface area (Å²) < 4.78 is 5.37. The van der Waals surface area contributed by atoms with E-state index in [4.69, 9.17) is 4.74 Å². The van der Waals surface area contributed by atoms with Gasteiger partial charge < -0.3 is 15.4 Å². The summed E-state index contributed by atoms with van der Waals surface area (Å²) in [6, 6.07) is 15.5. The van der Waals surface area contributed by atoms with Crippen LogP contribution in [0.4, 0.5) is 5.69 Å². The monoisotopic (exact) mass is 340 g/mol. The van der Waals surface area contributed by atoms with Crippen LogP contribution in [0.3, 0.4) is 0 Å². The minimum absolute atomic E-state index is 0.0451. The molecule has 2 N–H and O–H groups in total. The van der Waals surface area contributed by atoms with Crippen LogP contribution < -0.4 is 10.6 Å². The van der Waals surface area contributed by atoms with Crippen molar-refractivity contribution in [1.29, 1.82) is 0 Å². The number of benzene rings is 2. The molecule has 0 saturated heterocycles. The molecule has 0 radical (unpaired) electrons. The van der Waals surface area contributed by atoms with Crippen LogP contribution in [0.25, 0.3) is 0 Å². The Morgan fingerprint density at radius 2 is 1.88 bits per heavy atom. The number of nitrogens with one attached hydrogen (secondary N) is 2. The zero-order chi connectivity index (χ0) is 18.1. The topological polar surface area (TPSA) is 50.4 Å². The SMILES string of the molecule is CCOCCCN[C@@H](C(=O)Nc1cc(C)ccc1C)c1ccccc1. The molecule has 2 rings (SSSR count). The Morgan fingerprint density at radius 1 is 1.12 bits per heavy atom. The molecule has 0 saturated carbocycles. The summed E-state index contributed by atoms with van der Waals surface area (Å²) >= 11 is 0. The van der Waals surface area contributed by atoms with Crippen LogP contribution in [-0.4, -0.2) is 25.7 Å². The molecule has 0 unspecified atom stereocenters. The molecule has 2 aromatic carbocycles. The van der Waals surface area contributed by atoms with Gasteiger partial charge in [-0.3, -0.25) is 4.79 Å². The Labute approximate surface area is 150 Å². The fourth-order valence-electron chi connectivity index (χ4n) is 2.65. The van der Waals surface area contributed by atoms with E-state index in [9.17, 15) is 4.79 Å². The van der Waals surface area contributed by atoms with Gasteiger partial charge in [0.15, 0.2) is 0 Å². The lowest BCUT2D eigenvalue weighted by atomic mass is 10.0. The van der Waals surface area contributed by atoms with E-state index in [1.807, 2.05) is 69.3 Å². The number of carbonyl (C=O) groups excluding carboxylic acids is 1. The largest absolute Gasteiger partial charge is 0.382 e. The summed E-state index contributed by atoms with van der Waals surface area (Å²) in [6.07, 6.45) is 0.869. The fraction of sp³-hybridized carbons (Fsp3) is 0.381. The summed E-state index contributed by atoms with van der Waals surface area (Å²) in [4.78, 5) is 12.9. The van der Waals surface area contributed by atoms with Crippen LogP contribution in [0.1, 0.15) is 36.1 Å². The van der Waals surface area contributed by atoms with Crippen molar-refractivity contribution in [3.63, 3.8) is 0 Å². The highest BCUT2D eigenvalue weighted by atomic mass is 16.5. The molecule has 0 aliphatic heterocycles. The average molecular weight is 340 g/mol. The molecule has 134 valence electrons. The molecular formula is C21H28N2O2. The second-order valence-corrected chi connectivity index (χ2v) is 6.16. The maximum atomic E-state index is 12.9. The Bertz CT molecular complexity index is 671. The molecule has 0 aromatic heterocycles. The van der Waals surface area contributed by atoms with Gasteiger partial charge in [-0.25, -0.2) is 0 Å². The third-order valence-corrected chi connectivity index (χ3v) is 4.06. The van der Waals surface area contributed by atoms with E-state index in [0.717, 1.165) is 42.0 Å². The normalized spacial score (nSPS) is 12.0. The molecule has 1 atom stereocenters. The lowest BCUT2D eigenvalue weighted by molar-refractivity contribution is -0.118. The number of hydrogen-bond donors (Lipinski definition) is 2. The Morgan fingerprint density at radius 3 is 2.60 bits per heavy atom. The minimum atomic E-state index is -0.386. The van der Waals surface area contributed by atoms with E-state index < -0.39 is 0 Å². The third-order valence-electron chi connectivity index (χ3n) is 4.06. The zero-order valence-corrected chi connectivity index (χ0v) is 15.3. The third kappa shape index (κ3) is 6.00. The molecule has 1 amide bonds. The first kappa shape index (κ1) is 19.2. The molecule has 0 heterocycles. The highest BCUT2D eigenvalue weighted by molar-refractivity contribution is 5.96. The van der Waals surface area contributed by atoms with Gasteiger partial charge in [-0.05, 0) is 56.5 Å². The van der Waals surface area contributed by atoms with Gasteiger partial charge in [0.1, 0.15) is 6.04 Å². The van der Waals surface area contributed by atoms with Gasteiger partial charge in [-0.15, -0.1) is 0 Å². The van der Waals surface area contributed by atoms with Crippen LogP contribution in [0, 0.1) is 13.8 Å². The molecule has 0 fully saturated rings. The molecule has 4 heteroatoms. The first-order chi connectivity index (χ1) is 12.1. The Hall–Kier alpha value is -2.17. The molecule has 0 aliphatic carbocycles. The number of amides is 1. The van der Waals surface area contributed by atoms with Gasteiger partial charge >= 0.3 is 0 Å².